The van der Waals surface area contributed by atoms with Crippen LogP contribution in [0.2, 0.25) is 0 Å². The van der Waals surface area contributed by atoms with E-state index in [4.69, 9.17) is 0 Å². The highest BCUT2D eigenvalue weighted by molar-refractivity contribution is 7.87. The summed E-state index contributed by atoms with van der Waals surface area (Å²) < 4.78 is 62.8. The lowest BCUT2D eigenvalue weighted by Crippen LogP contribution is -2.45. The summed E-state index contributed by atoms with van der Waals surface area (Å²) >= 11 is 0. The molecule has 0 aromatic heterocycles. The topological polar surface area (TPSA) is 78.4 Å². The molecule has 3 N–H and O–H groups in total. The summed E-state index contributed by atoms with van der Waals surface area (Å²) in [5, 5.41) is 0. The van der Waals surface area contributed by atoms with E-state index in [1.54, 1.807) is 27.7 Å². The van der Waals surface area contributed by atoms with Gasteiger partial charge in [0.2, 0.25) is 0 Å². The van der Waals surface area contributed by atoms with Crippen molar-refractivity contribution in [2.75, 3.05) is 0 Å². The lowest BCUT2D eigenvalue weighted by atomic mass is 9.82. The minimum atomic E-state index is -5.55. The molecule has 0 fully saturated rings. The van der Waals surface area contributed by atoms with Gasteiger partial charge in [0.15, 0.2) is 0 Å². The van der Waals surface area contributed by atoms with Crippen LogP contribution < -0.4 is 6.15 Å². The molecule has 0 aliphatic carbocycles. The maximum absolute atomic E-state index is 12.2. The van der Waals surface area contributed by atoms with Crippen LogP contribution in [0.15, 0.2) is 0 Å². The van der Waals surface area contributed by atoms with E-state index in [9.17, 15) is 21.6 Å². The maximum Gasteiger partial charge on any atom is 0.523 e. The normalized spacial score (nSPS) is 14.0. The van der Waals surface area contributed by atoms with Crippen molar-refractivity contribution < 1.29 is 25.8 Å². The molecular weight excluding hydrogens is 259 g/mol. The van der Waals surface area contributed by atoms with Crippen LogP contribution in [0, 0.1) is 11.8 Å². The molecule has 0 saturated carbocycles. The van der Waals surface area contributed by atoms with Gasteiger partial charge in [0.1, 0.15) is 0 Å². The summed E-state index contributed by atoms with van der Waals surface area (Å²) in [7, 11) is -5.55. The van der Waals surface area contributed by atoms with Crippen molar-refractivity contribution in [2.45, 2.75) is 45.7 Å². The molecule has 0 atom stereocenters. The van der Waals surface area contributed by atoms with Gasteiger partial charge in [-0.1, -0.05) is 27.7 Å². The van der Waals surface area contributed by atoms with Crippen LogP contribution in [0.5, 0.6) is 0 Å². The van der Waals surface area contributed by atoms with E-state index in [-0.39, 0.29) is 18.0 Å². The molecule has 0 aromatic carbocycles. The quantitative estimate of drug-likeness (QED) is 0.633. The van der Waals surface area contributed by atoms with Crippen LogP contribution in [-0.4, -0.2) is 19.5 Å². The molecule has 0 radical (unpaired) electrons. The van der Waals surface area contributed by atoms with Crippen molar-refractivity contribution in [3.8, 4) is 0 Å². The zero-order chi connectivity index (χ0) is 13.4. The summed E-state index contributed by atoms with van der Waals surface area (Å²) in [5.74, 6) is -0.714. The predicted molar refractivity (Wildman–Crippen MR) is 59.2 cm³/mol. The standard InChI is InChI=1S/C9H17F3O3S.H3N/c1-6(2)8(5,7(3)4)15-16(13,14)9(10,11)12;/h6-7H,1-5H3;1H3. The highest BCUT2D eigenvalue weighted by Gasteiger charge is 2.52. The summed E-state index contributed by atoms with van der Waals surface area (Å²) in [6.45, 7) is 7.83. The number of halogens is 3. The average molecular weight is 279 g/mol. The second kappa shape index (κ2) is 5.53. The average Bonchev–Trinajstić information content (AvgIpc) is 2.00. The van der Waals surface area contributed by atoms with Crippen molar-refractivity contribution in [1.29, 1.82) is 0 Å². The van der Waals surface area contributed by atoms with Gasteiger partial charge >= 0.3 is 15.6 Å². The summed E-state index contributed by atoms with van der Waals surface area (Å²) in [6.07, 6.45) is 0. The SMILES string of the molecule is CC(C)C(C)(OS(=O)(=O)C(F)(F)F)C(C)C.N. The van der Waals surface area contributed by atoms with Gasteiger partial charge in [-0.15, -0.1) is 0 Å². The Morgan fingerprint density at radius 2 is 1.29 bits per heavy atom. The first kappa shape index (κ1) is 19.0. The summed E-state index contributed by atoms with van der Waals surface area (Å²) in [5.41, 5.74) is -6.74. The van der Waals surface area contributed by atoms with Gasteiger partial charge in [0, 0.05) is 0 Å². The molecule has 0 aromatic rings. The molecule has 0 aliphatic rings. The molecule has 0 amide bonds. The molecule has 4 nitrogen and oxygen atoms in total. The largest absolute Gasteiger partial charge is 0.523 e. The summed E-state index contributed by atoms with van der Waals surface area (Å²) in [6, 6.07) is 0. The Kier molecular flexibility index (Phi) is 6.19. The van der Waals surface area contributed by atoms with Crippen molar-refractivity contribution in [1.82, 2.24) is 6.15 Å². The van der Waals surface area contributed by atoms with Gasteiger partial charge in [-0.2, -0.15) is 21.6 Å². The Labute approximate surface area is 100 Å². The molecule has 8 heteroatoms. The minimum absolute atomic E-state index is 0. The van der Waals surface area contributed by atoms with Crippen molar-refractivity contribution in [3.63, 3.8) is 0 Å². The predicted octanol–water partition coefficient (Wildman–Crippen LogP) is 3.09. The highest BCUT2D eigenvalue weighted by Crippen LogP contribution is 2.36. The van der Waals surface area contributed by atoms with Gasteiger partial charge in [0.25, 0.3) is 0 Å². The van der Waals surface area contributed by atoms with E-state index in [1.165, 1.54) is 6.92 Å². The third kappa shape index (κ3) is 4.11. The molecule has 106 valence electrons. The number of alkyl halides is 3. The van der Waals surface area contributed by atoms with Crippen molar-refractivity contribution in [2.24, 2.45) is 11.8 Å². The molecule has 17 heavy (non-hydrogen) atoms. The number of hydrogen-bond acceptors (Lipinski definition) is 4. The Morgan fingerprint density at radius 1 is 1.00 bits per heavy atom. The minimum Gasteiger partial charge on any atom is -0.344 e. The van der Waals surface area contributed by atoms with E-state index in [0.717, 1.165) is 0 Å². The molecule has 0 bridgehead atoms. The van der Waals surface area contributed by atoms with E-state index in [1.807, 2.05) is 0 Å². The second-order valence-corrected chi connectivity index (χ2v) is 6.01. The molecular formula is C9H20F3NO3S. The smallest absolute Gasteiger partial charge is 0.344 e. The number of hydrogen-bond donors (Lipinski definition) is 1. The molecule has 0 saturated heterocycles. The van der Waals surface area contributed by atoms with Crippen LogP contribution in [0.3, 0.4) is 0 Å². The Balaban J connectivity index is 0. The van der Waals surface area contributed by atoms with E-state index in [2.05, 4.69) is 4.18 Å². The molecule has 0 spiro atoms. The fourth-order valence-electron chi connectivity index (χ4n) is 1.14. The van der Waals surface area contributed by atoms with Gasteiger partial charge in [-0.05, 0) is 18.8 Å². The van der Waals surface area contributed by atoms with Gasteiger partial charge in [-0.3, -0.25) is 4.18 Å². The summed E-state index contributed by atoms with van der Waals surface area (Å²) in [4.78, 5) is 0. The third-order valence-corrected chi connectivity index (χ3v) is 4.01. The molecule has 0 rings (SSSR count). The zero-order valence-corrected chi connectivity index (χ0v) is 11.4. The van der Waals surface area contributed by atoms with Gasteiger partial charge < -0.3 is 6.15 Å². The molecule has 0 unspecified atom stereocenters. The Hall–Kier alpha value is -0.340. The molecule has 0 aliphatic heterocycles. The first-order valence-electron chi connectivity index (χ1n) is 4.86. The van der Waals surface area contributed by atoms with Crippen molar-refractivity contribution in [3.05, 3.63) is 0 Å². The Morgan fingerprint density at radius 3 is 1.47 bits per heavy atom. The van der Waals surface area contributed by atoms with Crippen LogP contribution in [0.1, 0.15) is 34.6 Å². The lowest BCUT2D eigenvalue weighted by molar-refractivity contribution is -0.0764. The van der Waals surface area contributed by atoms with Gasteiger partial charge in [0.05, 0.1) is 5.60 Å². The van der Waals surface area contributed by atoms with Crippen molar-refractivity contribution >= 4 is 10.1 Å². The lowest BCUT2D eigenvalue weighted by Gasteiger charge is -2.36. The highest BCUT2D eigenvalue weighted by atomic mass is 32.2. The first-order chi connectivity index (χ1) is 6.84. The fraction of sp³-hybridized carbons (Fsp3) is 1.00. The van der Waals surface area contributed by atoms with Crippen LogP contribution in [-0.2, 0) is 14.3 Å². The molecule has 0 heterocycles. The monoisotopic (exact) mass is 279 g/mol. The second-order valence-electron chi connectivity index (χ2n) is 4.48. The van der Waals surface area contributed by atoms with Crippen LogP contribution >= 0.6 is 0 Å². The number of rotatable bonds is 4. The van der Waals surface area contributed by atoms with Crippen LogP contribution in [0.25, 0.3) is 0 Å². The fourth-order valence-corrected chi connectivity index (χ4v) is 2.09. The van der Waals surface area contributed by atoms with Crippen LogP contribution in [0.4, 0.5) is 13.2 Å². The Bertz CT molecular complexity index is 328. The van der Waals surface area contributed by atoms with E-state index in [0.29, 0.717) is 0 Å². The van der Waals surface area contributed by atoms with E-state index < -0.39 is 21.2 Å². The zero-order valence-electron chi connectivity index (χ0n) is 10.6. The third-order valence-electron chi connectivity index (χ3n) is 2.87. The maximum atomic E-state index is 12.2. The first-order valence-corrected chi connectivity index (χ1v) is 6.27. The van der Waals surface area contributed by atoms with Gasteiger partial charge in [-0.25, -0.2) is 0 Å². The van der Waals surface area contributed by atoms with E-state index >= 15 is 0 Å².